The third-order valence-electron chi connectivity index (χ3n) is 7.05. The first-order chi connectivity index (χ1) is 20.0. The minimum Gasteiger partial charge on any atom is -0.496 e. The molecule has 4 rings (SSSR count). The van der Waals surface area contributed by atoms with Gasteiger partial charge in [0.15, 0.2) is 5.13 Å². The number of hydrogen-bond acceptors (Lipinski definition) is 9. The van der Waals surface area contributed by atoms with Crippen molar-refractivity contribution in [2.45, 2.75) is 47.7 Å². The van der Waals surface area contributed by atoms with E-state index >= 15 is 0 Å². The number of carbonyl (C=O) groups is 3. The molecule has 2 heterocycles. The molecule has 2 unspecified atom stereocenters. The minimum atomic E-state index is -0.288. The number of ether oxygens (including phenoxy) is 1. The second kappa shape index (κ2) is 14.6. The lowest BCUT2D eigenvalue weighted by Gasteiger charge is -2.34. The molecule has 0 radical (unpaired) electrons. The number of hydrogen-bond donors (Lipinski definition) is 4. The van der Waals surface area contributed by atoms with Gasteiger partial charge in [-0.15, -0.1) is 0 Å². The molecule has 3 amide bonds. The van der Waals surface area contributed by atoms with Gasteiger partial charge < -0.3 is 19.9 Å². The topological polar surface area (TPSA) is 104 Å². The number of thiazole rings is 1. The van der Waals surface area contributed by atoms with Crippen molar-refractivity contribution in [3.05, 3.63) is 64.8 Å². The van der Waals surface area contributed by atoms with Crippen LogP contribution >= 0.6 is 48.4 Å². The average Bonchev–Trinajstić information content (AvgIpc) is 3.42. The fourth-order valence-corrected chi connectivity index (χ4v) is 6.49. The molecule has 0 spiro atoms. The summed E-state index contributed by atoms with van der Waals surface area (Å²) in [5.74, 6) is 0.121. The lowest BCUT2D eigenvalue weighted by Crippen LogP contribution is -2.49. The van der Waals surface area contributed by atoms with Gasteiger partial charge in [0.25, 0.3) is 17.1 Å². The van der Waals surface area contributed by atoms with Crippen molar-refractivity contribution in [1.82, 2.24) is 20.1 Å². The molecule has 0 aliphatic carbocycles. The van der Waals surface area contributed by atoms with E-state index in [1.54, 1.807) is 35.2 Å². The van der Waals surface area contributed by atoms with Crippen molar-refractivity contribution in [3.63, 3.8) is 0 Å². The maximum Gasteiger partial charge on any atom is 0.278 e. The number of thiol groups is 2. The summed E-state index contributed by atoms with van der Waals surface area (Å²) in [7, 11) is 1.54. The largest absolute Gasteiger partial charge is 0.496 e. The van der Waals surface area contributed by atoms with Crippen LogP contribution in [0, 0.1) is 6.92 Å². The SMILES string of the molecule is COc1cc(C)c(Sc2cnc(NC(=O)c3ccc(CNC(C)C(C)S)cc3)s2)cc1C(=O)N1CCN(C(=O)S)CC1. The van der Waals surface area contributed by atoms with Gasteiger partial charge in [-0.3, -0.25) is 19.7 Å². The highest BCUT2D eigenvalue weighted by Crippen LogP contribution is 2.38. The molecule has 3 aromatic rings. The molecule has 224 valence electrons. The van der Waals surface area contributed by atoms with E-state index < -0.39 is 0 Å². The van der Waals surface area contributed by atoms with Crippen LogP contribution in [-0.2, 0) is 6.54 Å². The van der Waals surface area contributed by atoms with Gasteiger partial charge in [-0.25, -0.2) is 4.98 Å². The Morgan fingerprint density at radius 1 is 1.10 bits per heavy atom. The number of methoxy groups -OCH3 is 1. The van der Waals surface area contributed by atoms with Gasteiger partial charge in [0, 0.05) is 54.5 Å². The molecule has 2 N–H and O–H groups in total. The van der Waals surface area contributed by atoms with Crippen LogP contribution in [-0.4, -0.2) is 76.4 Å². The Labute approximate surface area is 265 Å². The first-order valence-corrected chi connectivity index (χ1v) is 16.1. The van der Waals surface area contributed by atoms with E-state index in [1.807, 2.05) is 38.1 Å². The van der Waals surface area contributed by atoms with E-state index in [0.717, 1.165) is 20.2 Å². The summed E-state index contributed by atoms with van der Waals surface area (Å²) in [6.07, 6.45) is 1.71. The maximum absolute atomic E-state index is 13.4. The fourth-order valence-electron chi connectivity index (χ4n) is 4.24. The number of aromatic nitrogens is 1. The lowest BCUT2D eigenvalue weighted by molar-refractivity contribution is 0.0673. The number of nitrogens with one attached hydrogen (secondary N) is 2. The van der Waals surface area contributed by atoms with Crippen LogP contribution < -0.4 is 15.4 Å². The van der Waals surface area contributed by atoms with Gasteiger partial charge in [0.05, 0.1) is 23.1 Å². The Hall–Kier alpha value is -2.71. The van der Waals surface area contributed by atoms with Gasteiger partial charge >= 0.3 is 0 Å². The normalized spacial score (nSPS) is 14.8. The van der Waals surface area contributed by atoms with E-state index in [1.165, 1.54) is 23.1 Å². The summed E-state index contributed by atoms with van der Waals surface area (Å²) >= 11 is 11.2. The van der Waals surface area contributed by atoms with E-state index in [0.29, 0.717) is 54.7 Å². The smallest absolute Gasteiger partial charge is 0.278 e. The number of aryl methyl sites for hydroxylation is 1. The zero-order valence-electron chi connectivity index (χ0n) is 23.9. The zero-order valence-corrected chi connectivity index (χ0v) is 27.3. The number of carbonyl (C=O) groups excluding carboxylic acids is 3. The predicted molar refractivity (Wildman–Crippen MR) is 175 cm³/mol. The van der Waals surface area contributed by atoms with E-state index in [2.05, 4.69) is 47.8 Å². The number of amides is 3. The molecule has 1 fully saturated rings. The quantitative estimate of drug-likeness (QED) is 0.217. The standard InChI is InChI=1S/C29H35N5O4S4/c1-17-13-23(38-4)22(27(36)33-9-11-34(12-10-33)29(37)40)14-24(17)41-25-16-31-28(42-25)32-26(35)21-7-5-20(6-8-21)15-30-18(2)19(3)39/h5-8,13-14,16,18-19,30,39H,9-12,15H2,1-4H3,(H,37,40)(H,31,32,35). The minimum absolute atomic E-state index is 0.148. The summed E-state index contributed by atoms with van der Waals surface area (Å²) < 4.78 is 6.40. The van der Waals surface area contributed by atoms with Crippen LogP contribution in [0.5, 0.6) is 5.75 Å². The maximum atomic E-state index is 13.4. The molecule has 1 aliphatic rings. The van der Waals surface area contributed by atoms with Crippen LogP contribution in [0.3, 0.4) is 0 Å². The Bertz CT molecular complexity index is 1420. The highest BCUT2D eigenvalue weighted by Gasteiger charge is 2.26. The van der Waals surface area contributed by atoms with E-state index in [9.17, 15) is 14.4 Å². The second-order valence-corrected chi connectivity index (χ2v) is 13.6. The van der Waals surface area contributed by atoms with Crippen LogP contribution in [0.4, 0.5) is 9.93 Å². The van der Waals surface area contributed by atoms with Gasteiger partial charge in [-0.05, 0) is 49.2 Å². The summed E-state index contributed by atoms with van der Waals surface area (Å²) in [6.45, 7) is 8.53. The zero-order chi connectivity index (χ0) is 30.4. The number of nitrogens with zero attached hydrogens (tertiary/aromatic N) is 3. The number of benzene rings is 2. The number of piperazine rings is 1. The molecular weight excluding hydrogens is 611 g/mol. The molecule has 1 saturated heterocycles. The Morgan fingerprint density at radius 3 is 2.38 bits per heavy atom. The lowest BCUT2D eigenvalue weighted by atomic mass is 10.1. The average molecular weight is 646 g/mol. The highest BCUT2D eigenvalue weighted by molar-refractivity contribution is 8.01. The molecule has 9 nitrogen and oxygen atoms in total. The third-order valence-corrected chi connectivity index (χ3v) is 9.95. The number of anilines is 1. The van der Waals surface area contributed by atoms with Gasteiger partial charge in [-0.1, -0.05) is 54.8 Å². The molecule has 2 atom stereocenters. The van der Waals surface area contributed by atoms with Crippen LogP contribution in [0.15, 0.2) is 51.7 Å². The summed E-state index contributed by atoms with van der Waals surface area (Å²) in [4.78, 5) is 46.4. The van der Waals surface area contributed by atoms with Crippen molar-refractivity contribution in [3.8, 4) is 5.75 Å². The Kier molecular flexibility index (Phi) is 11.2. The fraction of sp³-hybridized carbons (Fsp3) is 0.379. The summed E-state index contributed by atoms with van der Waals surface area (Å²) in [5.41, 5.74) is 3.05. The predicted octanol–water partition coefficient (Wildman–Crippen LogP) is 5.47. The first-order valence-electron chi connectivity index (χ1n) is 13.5. The second-order valence-electron chi connectivity index (χ2n) is 10.0. The number of rotatable bonds is 10. The molecule has 1 aromatic heterocycles. The van der Waals surface area contributed by atoms with Crippen molar-refractivity contribution in [2.75, 3.05) is 38.6 Å². The van der Waals surface area contributed by atoms with Crippen molar-refractivity contribution < 1.29 is 19.1 Å². The highest BCUT2D eigenvalue weighted by atomic mass is 32.2. The van der Waals surface area contributed by atoms with E-state index in [-0.39, 0.29) is 28.3 Å². The van der Waals surface area contributed by atoms with Gasteiger partial charge in [0.2, 0.25) is 0 Å². The van der Waals surface area contributed by atoms with Crippen LogP contribution in [0.25, 0.3) is 0 Å². The molecule has 0 bridgehead atoms. The van der Waals surface area contributed by atoms with Gasteiger partial charge in [0.1, 0.15) is 5.75 Å². The monoisotopic (exact) mass is 645 g/mol. The van der Waals surface area contributed by atoms with Crippen molar-refractivity contribution in [2.24, 2.45) is 0 Å². The molecule has 2 aromatic carbocycles. The first kappa shape index (κ1) is 32.2. The molecule has 1 aliphatic heterocycles. The molecule has 13 heteroatoms. The van der Waals surface area contributed by atoms with Crippen molar-refractivity contribution in [1.29, 1.82) is 0 Å². The Morgan fingerprint density at radius 2 is 1.76 bits per heavy atom. The summed E-state index contributed by atoms with van der Waals surface area (Å²) in [5, 5.41) is 6.75. The Balaban J connectivity index is 1.40. The summed E-state index contributed by atoms with van der Waals surface area (Å²) in [6, 6.07) is 11.4. The third kappa shape index (κ3) is 8.22. The van der Waals surface area contributed by atoms with E-state index in [4.69, 9.17) is 4.74 Å². The van der Waals surface area contributed by atoms with Crippen LogP contribution in [0.1, 0.15) is 45.7 Å². The van der Waals surface area contributed by atoms with Crippen molar-refractivity contribution >= 4 is 70.5 Å². The van der Waals surface area contributed by atoms with Gasteiger partial charge in [-0.2, -0.15) is 12.6 Å². The molecule has 0 saturated carbocycles. The molecule has 42 heavy (non-hydrogen) atoms. The van der Waals surface area contributed by atoms with Crippen LogP contribution in [0.2, 0.25) is 0 Å². The molecular formula is C29H35N5O4S4.